The van der Waals surface area contributed by atoms with Gasteiger partial charge in [-0.2, -0.15) is 0 Å². The van der Waals surface area contributed by atoms with E-state index >= 15 is 0 Å². The molecule has 2 heterocycles. The van der Waals surface area contributed by atoms with E-state index in [-0.39, 0.29) is 5.92 Å². The molecule has 2 aliphatic rings. The molecule has 0 saturated carbocycles. The molecule has 2 saturated heterocycles. The Morgan fingerprint density at radius 3 is 2.04 bits per heavy atom. The van der Waals surface area contributed by atoms with Crippen molar-refractivity contribution in [3.05, 3.63) is 60.2 Å². The lowest BCUT2D eigenvalue weighted by Gasteiger charge is -2.39. The van der Waals surface area contributed by atoms with Gasteiger partial charge in [-0.05, 0) is 40.5 Å². The van der Waals surface area contributed by atoms with E-state index in [1.54, 1.807) is 0 Å². The Balaban J connectivity index is 1.66. The number of hydrogen-bond acceptors (Lipinski definition) is 3. The van der Waals surface area contributed by atoms with Crippen LogP contribution in [0.3, 0.4) is 0 Å². The van der Waals surface area contributed by atoms with Crippen molar-refractivity contribution >= 4 is 27.3 Å². The molecule has 0 spiro atoms. The number of hydrogen-bond donors (Lipinski definition) is 1. The zero-order valence-corrected chi connectivity index (χ0v) is 14.1. The highest BCUT2D eigenvalue weighted by molar-refractivity contribution is 6.19. The SMILES string of the molecule is O=C(c1c2ccccc2cc2ccccc12)C1CC2COCC(C1)N2. The minimum absolute atomic E-state index is 0.0781. The van der Waals surface area contributed by atoms with E-state index in [0.717, 1.165) is 53.2 Å². The van der Waals surface area contributed by atoms with Crippen LogP contribution in [0.25, 0.3) is 21.5 Å². The van der Waals surface area contributed by atoms with Crippen LogP contribution in [0.15, 0.2) is 54.6 Å². The number of fused-ring (bicyclic) bond motifs is 4. The molecule has 3 aromatic carbocycles. The standard InChI is InChI=1S/C22H21NO2/c24-22(16-10-17-12-25-13-18(11-16)23-17)21-19-7-3-1-5-14(19)9-15-6-2-4-8-20(15)21/h1-9,16-18,23H,10-13H2. The molecule has 3 heteroatoms. The number of benzene rings is 3. The third-order valence-corrected chi connectivity index (χ3v) is 5.64. The van der Waals surface area contributed by atoms with Gasteiger partial charge in [0.2, 0.25) is 0 Å². The van der Waals surface area contributed by atoms with Crippen molar-refractivity contribution in [1.82, 2.24) is 5.32 Å². The van der Waals surface area contributed by atoms with Crippen molar-refractivity contribution in [3.63, 3.8) is 0 Å². The van der Waals surface area contributed by atoms with E-state index in [0.29, 0.717) is 17.9 Å². The van der Waals surface area contributed by atoms with Gasteiger partial charge in [0.25, 0.3) is 0 Å². The molecular weight excluding hydrogens is 310 g/mol. The summed E-state index contributed by atoms with van der Waals surface area (Å²) in [5, 5.41) is 8.02. The molecule has 2 unspecified atom stereocenters. The lowest BCUT2D eigenvalue weighted by molar-refractivity contribution is 0.00959. The first-order valence-electron chi connectivity index (χ1n) is 9.08. The summed E-state index contributed by atoms with van der Waals surface area (Å²) in [7, 11) is 0. The number of carbonyl (C=O) groups excluding carboxylic acids is 1. The number of ether oxygens (including phenoxy) is 1. The van der Waals surface area contributed by atoms with Gasteiger partial charge in [0.05, 0.1) is 13.2 Å². The smallest absolute Gasteiger partial charge is 0.167 e. The molecular formula is C22H21NO2. The summed E-state index contributed by atoms with van der Waals surface area (Å²) in [5.74, 6) is 0.376. The highest BCUT2D eigenvalue weighted by Crippen LogP contribution is 2.34. The van der Waals surface area contributed by atoms with Gasteiger partial charge in [0.1, 0.15) is 0 Å². The summed E-state index contributed by atoms with van der Waals surface area (Å²) in [6, 6.07) is 19.3. The second-order valence-corrected chi connectivity index (χ2v) is 7.32. The highest BCUT2D eigenvalue weighted by atomic mass is 16.5. The molecule has 3 nitrogen and oxygen atoms in total. The van der Waals surface area contributed by atoms with Crippen LogP contribution < -0.4 is 5.32 Å². The Labute approximate surface area is 147 Å². The number of piperidine rings is 1. The fourth-order valence-corrected chi connectivity index (χ4v) is 4.53. The van der Waals surface area contributed by atoms with E-state index in [2.05, 4.69) is 35.6 Å². The minimum Gasteiger partial charge on any atom is -0.378 e. The Morgan fingerprint density at radius 1 is 0.880 bits per heavy atom. The van der Waals surface area contributed by atoms with Crippen LogP contribution in [0.2, 0.25) is 0 Å². The van der Waals surface area contributed by atoms with E-state index < -0.39 is 0 Å². The largest absolute Gasteiger partial charge is 0.378 e. The van der Waals surface area contributed by atoms with Crippen molar-refractivity contribution in [2.75, 3.05) is 13.2 Å². The van der Waals surface area contributed by atoms with Gasteiger partial charge in [-0.1, -0.05) is 48.5 Å². The number of nitrogens with one attached hydrogen (secondary N) is 1. The zero-order valence-electron chi connectivity index (χ0n) is 14.1. The van der Waals surface area contributed by atoms with Crippen LogP contribution in [0.4, 0.5) is 0 Å². The summed E-state index contributed by atoms with van der Waals surface area (Å²) in [4.78, 5) is 13.6. The maximum absolute atomic E-state index is 13.6. The number of Topliss-reactive ketones (excluding diaryl/α,β-unsaturated/α-hetero) is 1. The average molecular weight is 331 g/mol. The predicted molar refractivity (Wildman–Crippen MR) is 100 cm³/mol. The fourth-order valence-electron chi connectivity index (χ4n) is 4.53. The molecule has 2 atom stereocenters. The summed E-state index contributed by atoms with van der Waals surface area (Å²) in [6.07, 6.45) is 1.74. The molecule has 0 aliphatic carbocycles. The minimum atomic E-state index is 0.0781. The van der Waals surface area contributed by atoms with Gasteiger partial charge in [-0.15, -0.1) is 0 Å². The second kappa shape index (κ2) is 5.94. The quantitative estimate of drug-likeness (QED) is 0.571. The molecule has 0 radical (unpaired) electrons. The van der Waals surface area contributed by atoms with Crippen molar-refractivity contribution in [1.29, 1.82) is 0 Å². The molecule has 0 aromatic heterocycles. The lowest BCUT2D eigenvalue weighted by Crippen LogP contribution is -2.55. The maximum atomic E-state index is 13.6. The van der Waals surface area contributed by atoms with Gasteiger partial charge >= 0.3 is 0 Å². The lowest BCUT2D eigenvalue weighted by atomic mass is 9.80. The molecule has 25 heavy (non-hydrogen) atoms. The highest BCUT2D eigenvalue weighted by Gasteiger charge is 2.36. The van der Waals surface area contributed by atoms with Crippen LogP contribution in [0.1, 0.15) is 23.2 Å². The molecule has 2 fully saturated rings. The van der Waals surface area contributed by atoms with Crippen LogP contribution >= 0.6 is 0 Å². The number of rotatable bonds is 2. The van der Waals surface area contributed by atoms with Gasteiger partial charge in [-0.25, -0.2) is 0 Å². The van der Waals surface area contributed by atoms with E-state index in [1.807, 2.05) is 24.3 Å². The molecule has 0 amide bonds. The first-order chi connectivity index (χ1) is 12.3. The molecule has 5 rings (SSSR count). The number of ketones is 1. The van der Waals surface area contributed by atoms with E-state index in [9.17, 15) is 4.79 Å². The summed E-state index contributed by atoms with van der Waals surface area (Å²) in [6.45, 7) is 1.44. The van der Waals surface area contributed by atoms with Crippen molar-refractivity contribution in [3.8, 4) is 0 Å². The maximum Gasteiger partial charge on any atom is 0.167 e. The monoisotopic (exact) mass is 331 g/mol. The summed E-state index contributed by atoms with van der Waals surface area (Å²) < 4.78 is 5.64. The van der Waals surface area contributed by atoms with Crippen molar-refractivity contribution in [2.45, 2.75) is 24.9 Å². The second-order valence-electron chi connectivity index (χ2n) is 7.32. The first-order valence-corrected chi connectivity index (χ1v) is 9.08. The van der Waals surface area contributed by atoms with E-state index in [1.165, 1.54) is 0 Å². The third-order valence-electron chi connectivity index (χ3n) is 5.64. The molecule has 2 aliphatic heterocycles. The predicted octanol–water partition coefficient (Wildman–Crippen LogP) is 3.94. The fraction of sp³-hybridized carbons (Fsp3) is 0.318. The normalized spacial score (nSPS) is 26.0. The topological polar surface area (TPSA) is 38.3 Å². The summed E-state index contributed by atoms with van der Waals surface area (Å²) >= 11 is 0. The Hall–Kier alpha value is -2.23. The molecule has 2 bridgehead atoms. The van der Waals surface area contributed by atoms with Crippen LogP contribution in [-0.4, -0.2) is 31.1 Å². The van der Waals surface area contributed by atoms with Crippen molar-refractivity contribution in [2.24, 2.45) is 5.92 Å². The first kappa shape index (κ1) is 15.1. The molecule has 126 valence electrons. The van der Waals surface area contributed by atoms with Gasteiger partial charge in [-0.3, -0.25) is 4.79 Å². The van der Waals surface area contributed by atoms with Gasteiger partial charge in [0.15, 0.2) is 5.78 Å². The number of morpholine rings is 1. The van der Waals surface area contributed by atoms with Crippen LogP contribution in [0.5, 0.6) is 0 Å². The molecule has 3 aromatic rings. The Morgan fingerprint density at radius 2 is 1.44 bits per heavy atom. The number of carbonyl (C=O) groups is 1. The summed E-state index contributed by atoms with van der Waals surface area (Å²) in [5.41, 5.74) is 0.902. The Bertz CT molecular complexity index is 899. The van der Waals surface area contributed by atoms with Crippen LogP contribution in [0, 0.1) is 5.92 Å². The van der Waals surface area contributed by atoms with Crippen molar-refractivity contribution < 1.29 is 9.53 Å². The third kappa shape index (κ3) is 2.55. The zero-order chi connectivity index (χ0) is 16.8. The van der Waals surface area contributed by atoms with E-state index in [4.69, 9.17) is 4.74 Å². The van der Waals surface area contributed by atoms with Gasteiger partial charge < -0.3 is 10.1 Å². The average Bonchev–Trinajstić information content (AvgIpc) is 2.65. The molecule has 1 N–H and O–H groups in total. The van der Waals surface area contributed by atoms with Gasteiger partial charge in [0, 0.05) is 23.6 Å². The van der Waals surface area contributed by atoms with Crippen LogP contribution in [-0.2, 0) is 4.74 Å². The Kier molecular flexibility index (Phi) is 3.58.